The maximum atomic E-state index is 12.9. The molecule has 1 N–H and O–H groups in total. The van der Waals surface area contributed by atoms with Crippen LogP contribution >= 0.6 is 11.8 Å². The second-order valence-corrected chi connectivity index (χ2v) is 7.78. The molecule has 0 heterocycles. The van der Waals surface area contributed by atoms with Gasteiger partial charge in [-0.3, -0.25) is 4.79 Å². The van der Waals surface area contributed by atoms with Crippen molar-refractivity contribution in [3.8, 4) is 5.75 Å². The van der Waals surface area contributed by atoms with Gasteiger partial charge < -0.3 is 10.1 Å². The molecule has 4 heteroatoms. The van der Waals surface area contributed by atoms with Gasteiger partial charge in [-0.1, -0.05) is 55.1 Å². The number of anilines is 1. The minimum atomic E-state index is -0.545. The van der Waals surface area contributed by atoms with Crippen LogP contribution < -0.4 is 10.1 Å². The van der Waals surface area contributed by atoms with Crippen molar-refractivity contribution in [2.24, 2.45) is 0 Å². The number of rotatable bonds is 7. The van der Waals surface area contributed by atoms with Gasteiger partial charge in [0.2, 0.25) is 0 Å². The van der Waals surface area contributed by atoms with Crippen molar-refractivity contribution in [2.75, 3.05) is 5.32 Å². The Labute approximate surface area is 171 Å². The highest BCUT2D eigenvalue weighted by atomic mass is 32.2. The summed E-state index contributed by atoms with van der Waals surface area (Å²) in [5.41, 5.74) is 3.15. The molecule has 0 saturated heterocycles. The van der Waals surface area contributed by atoms with Crippen LogP contribution in [0.5, 0.6) is 5.75 Å². The molecule has 1 amide bonds. The highest BCUT2D eigenvalue weighted by Gasteiger charge is 2.20. The molecular weight excluding hydrogens is 366 g/mol. The molecule has 1 atom stereocenters. The molecule has 28 heavy (non-hydrogen) atoms. The van der Waals surface area contributed by atoms with Crippen LogP contribution in [0.3, 0.4) is 0 Å². The zero-order valence-electron chi connectivity index (χ0n) is 16.4. The topological polar surface area (TPSA) is 38.3 Å². The predicted octanol–water partition coefficient (Wildman–Crippen LogP) is 6.25. The summed E-state index contributed by atoms with van der Waals surface area (Å²) >= 11 is 1.63. The Kier molecular flexibility index (Phi) is 6.77. The third-order valence-electron chi connectivity index (χ3n) is 4.54. The number of carbonyl (C=O) groups is 1. The lowest BCUT2D eigenvalue weighted by molar-refractivity contribution is -0.122. The summed E-state index contributed by atoms with van der Waals surface area (Å²) in [4.78, 5) is 15.0. The Bertz CT molecular complexity index is 940. The first kappa shape index (κ1) is 20.0. The van der Waals surface area contributed by atoms with Crippen LogP contribution in [0.1, 0.15) is 24.5 Å². The van der Waals surface area contributed by atoms with E-state index in [9.17, 15) is 4.79 Å². The second kappa shape index (κ2) is 9.47. The summed E-state index contributed by atoms with van der Waals surface area (Å²) in [7, 11) is 0. The van der Waals surface area contributed by atoms with Crippen molar-refractivity contribution in [1.29, 1.82) is 0 Å². The van der Waals surface area contributed by atoms with Crippen LogP contribution in [0.4, 0.5) is 5.69 Å². The zero-order chi connectivity index (χ0) is 19.9. The molecule has 3 nitrogen and oxygen atoms in total. The molecule has 0 saturated carbocycles. The SMILES string of the molecule is CC[C@H](Oc1ccc(C)c(C)c1)C(=O)Nc1ccccc1Sc1ccccc1. The summed E-state index contributed by atoms with van der Waals surface area (Å²) in [6.45, 7) is 6.06. The fourth-order valence-corrected chi connectivity index (χ4v) is 3.68. The third kappa shape index (κ3) is 5.17. The van der Waals surface area contributed by atoms with Crippen LogP contribution in [-0.2, 0) is 4.79 Å². The molecule has 0 spiro atoms. The first-order valence-electron chi connectivity index (χ1n) is 9.43. The molecule has 0 radical (unpaired) electrons. The molecule has 3 rings (SSSR count). The van der Waals surface area contributed by atoms with Crippen LogP contribution in [0.15, 0.2) is 82.6 Å². The van der Waals surface area contributed by atoms with Gasteiger partial charge in [0.15, 0.2) is 6.10 Å². The van der Waals surface area contributed by atoms with E-state index in [1.165, 1.54) is 5.56 Å². The fourth-order valence-electron chi connectivity index (χ4n) is 2.76. The maximum Gasteiger partial charge on any atom is 0.265 e. The van der Waals surface area contributed by atoms with Gasteiger partial charge >= 0.3 is 0 Å². The van der Waals surface area contributed by atoms with Crippen molar-refractivity contribution < 1.29 is 9.53 Å². The van der Waals surface area contributed by atoms with Crippen molar-refractivity contribution in [3.05, 3.63) is 83.9 Å². The summed E-state index contributed by atoms with van der Waals surface area (Å²) in [6.07, 6.45) is 0.0455. The normalized spacial score (nSPS) is 11.7. The maximum absolute atomic E-state index is 12.9. The number of hydrogen-bond acceptors (Lipinski definition) is 3. The Morgan fingerprint density at radius 1 is 0.964 bits per heavy atom. The average Bonchev–Trinajstić information content (AvgIpc) is 2.71. The number of amides is 1. The van der Waals surface area contributed by atoms with Crippen molar-refractivity contribution in [1.82, 2.24) is 0 Å². The first-order valence-corrected chi connectivity index (χ1v) is 10.2. The lowest BCUT2D eigenvalue weighted by Crippen LogP contribution is -2.32. The second-order valence-electron chi connectivity index (χ2n) is 6.66. The summed E-state index contributed by atoms with van der Waals surface area (Å²) in [5, 5.41) is 3.04. The molecule has 0 aliphatic rings. The molecule has 144 valence electrons. The predicted molar refractivity (Wildman–Crippen MR) is 116 cm³/mol. The molecule has 0 bridgehead atoms. The third-order valence-corrected chi connectivity index (χ3v) is 5.62. The Morgan fingerprint density at radius 2 is 1.68 bits per heavy atom. The van der Waals surface area contributed by atoms with Gasteiger partial charge in [-0.15, -0.1) is 0 Å². The van der Waals surface area contributed by atoms with Crippen LogP contribution in [0.25, 0.3) is 0 Å². The number of hydrogen-bond donors (Lipinski definition) is 1. The lowest BCUT2D eigenvalue weighted by Gasteiger charge is -2.19. The Morgan fingerprint density at radius 3 is 2.39 bits per heavy atom. The molecule has 0 aliphatic carbocycles. The van der Waals surface area contributed by atoms with Crippen LogP contribution in [0, 0.1) is 13.8 Å². The smallest absolute Gasteiger partial charge is 0.265 e. The molecular formula is C24H25NO2S. The van der Waals surface area contributed by atoms with E-state index < -0.39 is 6.10 Å². The largest absolute Gasteiger partial charge is 0.481 e. The van der Waals surface area contributed by atoms with E-state index in [0.717, 1.165) is 26.8 Å². The van der Waals surface area contributed by atoms with Gasteiger partial charge in [0.05, 0.1) is 5.69 Å². The van der Waals surface area contributed by atoms with E-state index in [4.69, 9.17) is 4.74 Å². The van der Waals surface area contributed by atoms with Crippen molar-refractivity contribution in [2.45, 2.75) is 43.1 Å². The number of nitrogens with one attached hydrogen (secondary N) is 1. The minimum absolute atomic E-state index is 0.137. The number of carbonyl (C=O) groups excluding carboxylic acids is 1. The lowest BCUT2D eigenvalue weighted by atomic mass is 10.1. The number of ether oxygens (including phenoxy) is 1. The molecule has 3 aromatic rings. The number of benzene rings is 3. The quantitative estimate of drug-likeness (QED) is 0.517. The van der Waals surface area contributed by atoms with Gasteiger partial charge in [-0.25, -0.2) is 0 Å². The number of para-hydroxylation sites is 1. The minimum Gasteiger partial charge on any atom is -0.481 e. The molecule has 0 unspecified atom stereocenters. The van der Waals surface area contributed by atoms with E-state index in [-0.39, 0.29) is 5.91 Å². The highest BCUT2D eigenvalue weighted by molar-refractivity contribution is 7.99. The van der Waals surface area contributed by atoms with Gasteiger partial charge in [0.1, 0.15) is 5.75 Å². The van der Waals surface area contributed by atoms with Gasteiger partial charge in [-0.05, 0) is 67.8 Å². The Hall–Kier alpha value is -2.72. The monoisotopic (exact) mass is 391 g/mol. The van der Waals surface area contributed by atoms with Gasteiger partial charge in [0, 0.05) is 9.79 Å². The first-order chi connectivity index (χ1) is 13.6. The summed E-state index contributed by atoms with van der Waals surface area (Å²) in [6, 6.07) is 23.9. The highest BCUT2D eigenvalue weighted by Crippen LogP contribution is 2.33. The summed E-state index contributed by atoms with van der Waals surface area (Å²) < 4.78 is 5.97. The molecule has 0 fully saturated rings. The van der Waals surface area contributed by atoms with E-state index in [2.05, 4.69) is 24.4 Å². The number of aryl methyl sites for hydroxylation is 2. The fraction of sp³-hybridized carbons (Fsp3) is 0.208. The average molecular weight is 392 g/mol. The van der Waals surface area contributed by atoms with Crippen molar-refractivity contribution >= 4 is 23.4 Å². The van der Waals surface area contributed by atoms with E-state index in [1.54, 1.807) is 11.8 Å². The molecule has 0 aliphatic heterocycles. The van der Waals surface area contributed by atoms with Gasteiger partial charge in [0.25, 0.3) is 5.91 Å². The molecule has 0 aromatic heterocycles. The van der Waals surface area contributed by atoms with E-state index in [1.807, 2.05) is 74.5 Å². The van der Waals surface area contributed by atoms with Gasteiger partial charge in [-0.2, -0.15) is 0 Å². The van der Waals surface area contributed by atoms with Crippen molar-refractivity contribution in [3.63, 3.8) is 0 Å². The molecule has 3 aromatic carbocycles. The summed E-state index contributed by atoms with van der Waals surface area (Å²) in [5.74, 6) is 0.582. The standard InChI is InChI=1S/C24H25NO2S/c1-4-22(27-19-15-14-17(2)18(3)16-19)24(26)25-21-12-8-9-13-23(21)28-20-10-6-5-7-11-20/h5-16,22H,4H2,1-3H3,(H,25,26)/t22-/m0/s1. The van der Waals surface area contributed by atoms with E-state index in [0.29, 0.717) is 6.42 Å². The van der Waals surface area contributed by atoms with Crippen LogP contribution in [0.2, 0.25) is 0 Å². The Balaban J connectivity index is 1.73. The van der Waals surface area contributed by atoms with Crippen LogP contribution in [-0.4, -0.2) is 12.0 Å². The van der Waals surface area contributed by atoms with E-state index >= 15 is 0 Å². The zero-order valence-corrected chi connectivity index (χ0v) is 17.3.